The molecule has 1 N–H and O–H groups in total. The van der Waals surface area contributed by atoms with Crippen molar-refractivity contribution in [2.75, 3.05) is 46.9 Å². The van der Waals surface area contributed by atoms with E-state index in [1.165, 1.54) is 0 Å². The SMILES string of the molecule is C=CCN1C(=O)NC(c2ccccc2Cl)C(C(=O)OCC)=C1CN(C)C1CCN(C)CC1. The minimum atomic E-state index is -0.683. The van der Waals surface area contributed by atoms with Gasteiger partial charge in [-0.25, -0.2) is 9.59 Å². The topological polar surface area (TPSA) is 65.1 Å². The van der Waals surface area contributed by atoms with E-state index in [-0.39, 0.29) is 12.6 Å². The van der Waals surface area contributed by atoms with Crippen molar-refractivity contribution in [1.82, 2.24) is 20.0 Å². The molecule has 1 atom stereocenters. The number of benzene rings is 1. The molecule has 2 aliphatic heterocycles. The van der Waals surface area contributed by atoms with Crippen LogP contribution in [-0.2, 0) is 9.53 Å². The molecule has 1 aromatic carbocycles. The largest absolute Gasteiger partial charge is 0.463 e. The number of likely N-dealkylation sites (tertiary alicyclic amines) is 1. The first-order valence-corrected chi connectivity index (χ1v) is 11.5. The predicted molar refractivity (Wildman–Crippen MR) is 126 cm³/mol. The Kier molecular flexibility index (Phi) is 8.34. The number of amides is 2. The maximum Gasteiger partial charge on any atom is 0.338 e. The Labute approximate surface area is 195 Å². The lowest BCUT2D eigenvalue weighted by atomic mass is 9.93. The molecular weight excluding hydrogens is 428 g/mol. The molecule has 2 heterocycles. The molecule has 32 heavy (non-hydrogen) atoms. The molecule has 0 spiro atoms. The van der Waals surface area contributed by atoms with Crippen LogP contribution in [0, 0.1) is 0 Å². The Hall–Kier alpha value is -2.35. The predicted octanol–water partition coefficient (Wildman–Crippen LogP) is 3.44. The van der Waals surface area contributed by atoms with Crippen LogP contribution in [0.2, 0.25) is 5.02 Å². The Morgan fingerprint density at radius 3 is 2.66 bits per heavy atom. The second kappa shape index (κ2) is 11.0. The number of carbonyl (C=O) groups excluding carboxylic acids is 2. The van der Waals surface area contributed by atoms with Gasteiger partial charge >= 0.3 is 12.0 Å². The van der Waals surface area contributed by atoms with E-state index in [9.17, 15) is 9.59 Å². The molecule has 8 heteroatoms. The third kappa shape index (κ3) is 5.34. The fourth-order valence-electron chi connectivity index (χ4n) is 4.39. The fraction of sp³-hybridized carbons (Fsp3) is 0.500. The maximum atomic E-state index is 13.2. The lowest BCUT2D eigenvalue weighted by molar-refractivity contribution is -0.139. The minimum Gasteiger partial charge on any atom is -0.463 e. The summed E-state index contributed by atoms with van der Waals surface area (Å²) >= 11 is 6.47. The van der Waals surface area contributed by atoms with Gasteiger partial charge in [0.2, 0.25) is 0 Å². The molecule has 1 unspecified atom stereocenters. The molecule has 0 aromatic heterocycles. The summed E-state index contributed by atoms with van der Waals surface area (Å²) in [7, 11) is 4.18. The second-order valence-corrected chi connectivity index (χ2v) is 8.74. The highest BCUT2D eigenvalue weighted by molar-refractivity contribution is 6.31. The lowest BCUT2D eigenvalue weighted by Crippen LogP contribution is -2.52. The fourth-order valence-corrected chi connectivity index (χ4v) is 4.63. The van der Waals surface area contributed by atoms with Crippen molar-refractivity contribution in [3.8, 4) is 0 Å². The number of urea groups is 1. The van der Waals surface area contributed by atoms with Crippen molar-refractivity contribution < 1.29 is 14.3 Å². The zero-order valence-corrected chi connectivity index (χ0v) is 19.9. The Balaban J connectivity index is 2.06. The molecule has 2 amide bonds. The number of piperidine rings is 1. The number of esters is 1. The van der Waals surface area contributed by atoms with Crippen molar-refractivity contribution in [1.29, 1.82) is 0 Å². The monoisotopic (exact) mass is 460 g/mol. The molecule has 1 fully saturated rings. The minimum absolute atomic E-state index is 0.241. The van der Waals surface area contributed by atoms with Crippen LogP contribution in [0.15, 0.2) is 48.2 Å². The zero-order chi connectivity index (χ0) is 23.3. The average molecular weight is 461 g/mol. The maximum absolute atomic E-state index is 13.2. The standard InChI is InChI=1S/C24H33ClN4O3/c1-5-13-29-20(16-28(4)17-11-14-27(3)15-12-17)21(23(30)32-6-2)22(26-24(29)31)18-9-7-8-10-19(18)25/h5,7-10,17,22H,1,6,11-16H2,2-4H3,(H,26,31). The summed E-state index contributed by atoms with van der Waals surface area (Å²) in [6, 6.07) is 6.66. The lowest BCUT2D eigenvalue weighted by Gasteiger charge is -2.40. The summed E-state index contributed by atoms with van der Waals surface area (Å²) in [5.74, 6) is -0.446. The van der Waals surface area contributed by atoms with Gasteiger partial charge in [0, 0.05) is 29.9 Å². The van der Waals surface area contributed by atoms with Gasteiger partial charge in [-0.1, -0.05) is 35.9 Å². The average Bonchev–Trinajstić information content (AvgIpc) is 2.76. The first-order valence-electron chi connectivity index (χ1n) is 11.1. The van der Waals surface area contributed by atoms with Gasteiger partial charge in [0.15, 0.2) is 0 Å². The smallest absolute Gasteiger partial charge is 0.338 e. The summed E-state index contributed by atoms with van der Waals surface area (Å²) in [4.78, 5) is 32.5. The van der Waals surface area contributed by atoms with E-state index in [1.54, 1.807) is 24.0 Å². The second-order valence-electron chi connectivity index (χ2n) is 8.33. The van der Waals surface area contributed by atoms with Gasteiger partial charge in [-0.15, -0.1) is 6.58 Å². The van der Waals surface area contributed by atoms with Gasteiger partial charge in [0.05, 0.1) is 18.2 Å². The molecule has 0 bridgehead atoms. The number of hydrogen-bond donors (Lipinski definition) is 1. The van der Waals surface area contributed by atoms with Crippen LogP contribution in [0.5, 0.6) is 0 Å². The van der Waals surface area contributed by atoms with E-state index >= 15 is 0 Å². The van der Waals surface area contributed by atoms with Crippen LogP contribution in [0.1, 0.15) is 31.4 Å². The van der Waals surface area contributed by atoms with Crippen LogP contribution < -0.4 is 5.32 Å². The molecule has 7 nitrogen and oxygen atoms in total. The number of halogens is 1. The van der Waals surface area contributed by atoms with Crippen molar-refractivity contribution in [2.24, 2.45) is 0 Å². The van der Waals surface area contributed by atoms with Crippen molar-refractivity contribution in [3.63, 3.8) is 0 Å². The van der Waals surface area contributed by atoms with Crippen LogP contribution in [0.3, 0.4) is 0 Å². The summed E-state index contributed by atoms with van der Waals surface area (Å²) in [6.45, 7) is 8.61. The third-order valence-corrected chi connectivity index (χ3v) is 6.52. The number of carbonyl (C=O) groups is 2. The van der Waals surface area contributed by atoms with E-state index < -0.39 is 12.0 Å². The summed E-state index contributed by atoms with van der Waals surface area (Å²) < 4.78 is 5.44. The van der Waals surface area contributed by atoms with Crippen LogP contribution >= 0.6 is 11.6 Å². The summed E-state index contributed by atoms with van der Waals surface area (Å²) in [5, 5.41) is 3.44. The first-order chi connectivity index (χ1) is 15.4. The summed E-state index contributed by atoms with van der Waals surface area (Å²) in [6.07, 6.45) is 3.74. The van der Waals surface area contributed by atoms with Crippen LogP contribution in [0.4, 0.5) is 4.79 Å². The number of nitrogens with one attached hydrogen (secondary N) is 1. The number of ether oxygens (including phenoxy) is 1. The molecule has 174 valence electrons. The van der Waals surface area contributed by atoms with Gasteiger partial charge in [-0.05, 0) is 58.6 Å². The first kappa shape index (κ1) is 24.3. The van der Waals surface area contributed by atoms with E-state index in [4.69, 9.17) is 16.3 Å². The highest BCUT2D eigenvalue weighted by Crippen LogP contribution is 2.35. The van der Waals surface area contributed by atoms with E-state index in [0.29, 0.717) is 41.0 Å². The number of nitrogens with zero attached hydrogens (tertiary/aromatic N) is 3. The molecular formula is C24H33ClN4O3. The molecule has 1 aromatic rings. The van der Waals surface area contributed by atoms with Gasteiger partial charge in [0.1, 0.15) is 0 Å². The van der Waals surface area contributed by atoms with Gasteiger partial charge in [-0.3, -0.25) is 9.80 Å². The molecule has 2 aliphatic rings. The van der Waals surface area contributed by atoms with E-state index in [2.05, 4.69) is 35.8 Å². The van der Waals surface area contributed by atoms with Crippen molar-refractivity contribution >= 4 is 23.6 Å². The van der Waals surface area contributed by atoms with Gasteiger partial charge in [-0.2, -0.15) is 0 Å². The zero-order valence-electron chi connectivity index (χ0n) is 19.1. The van der Waals surface area contributed by atoms with E-state index in [1.807, 2.05) is 18.2 Å². The van der Waals surface area contributed by atoms with E-state index in [0.717, 1.165) is 25.9 Å². The molecule has 0 radical (unpaired) electrons. The van der Waals surface area contributed by atoms with Gasteiger partial charge in [0.25, 0.3) is 0 Å². The number of rotatable bonds is 8. The Morgan fingerprint density at radius 2 is 2.03 bits per heavy atom. The molecule has 0 aliphatic carbocycles. The quantitative estimate of drug-likeness (QED) is 0.475. The highest BCUT2D eigenvalue weighted by Gasteiger charge is 2.39. The van der Waals surface area contributed by atoms with Crippen molar-refractivity contribution in [2.45, 2.75) is 31.8 Å². The normalized spacial score (nSPS) is 20.5. The van der Waals surface area contributed by atoms with Crippen LogP contribution in [-0.4, -0.2) is 79.6 Å². The highest BCUT2D eigenvalue weighted by atomic mass is 35.5. The van der Waals surface area contributed by atoms with Gasteiger partial charge < -0.3 is 15.0 Å². The third-order valence-electron chi connectivity index (χ3n) is 6.17. The molecule has 0 saturated carbocycles. The Morgan fingerprint density at radius 1 is 1.34 bits per heavy atom. The number of hydrogen-bond acceptors (Lipinski definition) is 5. The van der Waals surface area contributed by atoms with Crippen molar-refractivity contribution in [3.05, 3.63) is 58.8 Å². The molecule has 1 saturated heterocycles. The summed E-state index contributed by atoms with van der Waals surface area (Å²) in [5.41, 5.74) is 1.72. The Bertz CT molecular complexity index is 880. The number of likely N-dealkylation sites (N-methyl/N-ethyl adjacent to an activating group) is 1. The molecule has 3 rings (SSSR count). The van der Waals surface area contributed by atoms with Crippen LogP contribution in [0.25, 0.3) is 0 Å².